The van der Waals surface area contributed by atoms with Gasteiger partial charge in [-0.1, -0.05) is 50.2 Å². The predicted octanol–water partition coefficient (Wildman–Crippen LogP) is 3.17. The number of carbonyl (C=O) groups excluding carboxylic acids is 2. The minimum Gasteiger partial charge on any atom is -0.483 e. The van der Waals surface area contributed by atoms with E-state index in [0.717, 1.165) is 11.3 Å². The van der Waals surface area contributed by atoms with Crippen molar-refractivity contribution >= 4 is 11.8 Å². The third kappa shape index (κ3) is 4.67. The molecule has 0 aliphatic carbocycles. The average molecular weight is 366 g/mol. The Kier molecular flexibility index (Phi) is 6.12. The lowest BCUT2D eigenvalue weighted by Gasteiger charge is -2.34. The SMILES string of the molecule is CC(C)c1ccccc1OCC(=O)N1CCN(C(=O)c2ccccc2)CC1. The number of hydrogen-bond acceptors (Lipinski definition) is 3. The molecular formula is C22H26N2O3. The lowest BCUT2D eigenvalue weighted by Crippen LogP contribution is -2.51. The van der Waals surface area contributed by atoms with Gasteiger partial charge in [0, 0.05) is 31.7 Å². The van der Waals surface area contributed by atoms with Gasteiger partial charge in [-0.15, -0.1) is 0 Å². The summed E-state index contributed by atoms with van der Waals surface area (Å²) in [6.45, 7) is 6.39. The molecule has 0 aromatic heterocycles. The average Bonchev–Trinajstić information content (AvgIpc) is 2.72. The van der Waals surface area contributed by atoms with Gasteiger partial charge in [0.15, 0.2) is 6.61 Å². The van der Waals surface area contributed by atoms with Crippen molar-refractivity contribution in [2.75, 3.05) is 32.8 Å². The van der Waals surface area contributed by atoms with E-state index in [0.29, 0.717) is 37.7 Å². The van der Waals surface area contributed by atoms with Crippen LogP contribution in [0.1, 0.15) is 35.7 Å². The molecule has 1 fully saturated rings. The Morgan fingerprint density at radius 1 is 0.889 bits per heavy atom. The summed E-state index contributed by atoms with van der Waals surface area (Å²) in [6.07, 6.45) is 0. The molecule has 0 bridgehead atoms. The number of para-hydroxylation sites is 1. The van der Waals surface area contributed by atoms with Crippen LogP contribution in [0.2, 0.25) is 0 Å². The molecule has 5 nitrogen and oxygen atoms in total. The molecule has 1 aliphatic heterocycles. The number of rotatable bonds is 5. The van der Waals surface area contributed by atoms with Crippen LogP contribution in [0, 0.1) is 0 Å². The fourth-order valence-corrected chi connectivity index (χ4v) is 3.24. The van der Waals surface area contributed by atoms with Crippen molar-refractivity contribution in [3.63, 3.8) is 0 Å². The Bertz CT molecular complexity index is 781. The Balaban J connectivity index is 1.51. The molecule has 0 atom stereocenters. The summed E-state index contributed by atoms with van der Waals surface area (Å²) in [5, 5.41) is 0. The van der Waals surface area contributed by atoms with Gasteiger partial charge >= 0.3 is 0 Å². The van der Waals surface area contributed by atoms with E-state index in [1.54, 1.807) is 9.80 Å². The van der Waals surface area contributed by atoms with E-state index in [2.05, 4.69) is 13.8 Å². The molecule has 1 heterocycles. The molecule has 0 N–H and O–H groups in total. The lowest BCUT2D eigenvalue weighted by atomic mass is 10.0. The first-order chi connectivity index (χ1) is 13.1. The van der Waals surface area contributed by atoms with Crippen LogP contribution in [-0.2, 0) is 4.79 Å². The van der Waals surface area contributed by atoms with Crippen LogP contribution in [0.5, 0.6) is 5.75 Å². The number of hydrogen-bond donors (Lipinski definition) is 0. The minimum absolute atomic E-state index is 0.0183. The standard InChI is InChI=1S/C22H26N2O3/c1-17(2)19-10-6-7-11-20(19)27-16-21(25)23-12-14-24(15-13-23)22(26)18-8-4-3-5-9-18/h3-11,17H,12-16H2,1-2H3. The van der Waals surface area contributed by atoms with Crippen LogP contribution in [0.25, 0.3) is 0 Å². The van der Waals surface area contributed by atoms with E-state index in [1.165, 1.54) is 0 Å². The molecule has 2 amide bonds. The minimum atomic E-state index is -0.0413. The molecule has 3 rings (SSSR count). The van der Waals surface area contributed by atoms with Gasteiger partial charge in [0.2, 0.25) is 0 Å². The molecule has 0 saturated carbocycles. The first-order valence-corrected chi connectivity index (χ1v) is 9.40. The maximum absolute atomic E-state index is 12.5. The lowest BCUT2D eigenvalue weighted by molar-refractivity contribution is -0.134. The monoisotopic (exact) mass is 366 g/mol. The van der Waals surface area contributed by atoms with Crippen LogP contribution in [-0.4, -0.2) is 54.4 Å². The third-order valence-corrected chi connectivity index (χ3v) is 4.83. The van der Waals surface area contributed by atoms with E-state index in [9.17, 15) is 9.59 Å². The topological polar surface area (TPSA) is 49.9 Å². The Morgan fingerprint density at radius 3 is 2.15 bits per heavy atom. The smallest absolute Gasteiger partial charge is 0.260 e. The summed E-state index contributed by atoms with van der Waals surface area (Å²) in [5.41, 5.74) is 1.79. The van der Waals surface area contributed by atoms with Crippen molar-refractivity contribution in [1.82, 2.24) is 9.80 Å². The van der Waals surface area contributed by atoms with E-state index >= 15 is 0 Å². The summed E-state index contributed by atoms with van der Waals surface area (Å²) >= 11 is 0. The molecule has 2 aromatic rings. The fourth-order valence-electron chi connectivity index (χ4n) is 3.24. The second kappa shape index (κ2) is 8.71. The first kappa shape index (κ1) is 19.0. The van der Waals surface area contributed by atoms with Gasteiger partial charge in [-0.2, -0.15) is 0 Å². The van der Waals surface area contributed by atoms with Crippen molar-refractivity contribution in [3.8, 4) is 5.75 Å². The molecule has 0 unspecified atom stereocenters. The van der Waals surface area contributed by atoms with Crippen LogP contribution in [0.15, 0.2) is 54.6 Å². The van der Waals surface area contributed by atoms with E-state index in [1.807, 2.05) is 54.6 Å². The van der Waals surface area contributed by atoms with E-state index in [-0.39, 0.29) is 18.4 Å². The van der Waals surface area contributed by atoms with Gasteiger partial charge < -0.3 is 14.5 Å². The molecule has 5 heteroatoms. The van der Waals surface area contributed by atoms with Gasteiger partial charge in [0.1, 0.15) is 5.75 Å². The number of benzene rings is 2. The largest absolute Gasteiger partial charge is 0.483 e. The summed E-state index contributed by atoms with van der Waals surface area (Å²) in [7, 11) is 0. The summed E-state index contributed by atoms with van der Waals surface area (Å²) in [5.74, 6) is 1.08. The van der Waals surface area contributed by atoms with E-state index in [4.69, 9.17) is 4.74 Å². The highest BCUT2D eigenvalue weighted by molar-refractivity contribution is 5.94. The van der Waals surface area contributed by atoms with Gasteiger partial charge in [-0.3, -0.25) is 9.59 Å². The van der Waals surface area contributed by atoms with Crippen molar-refractivity contribution < 1.29 is 14.3 Å². The number of nitrogens with zero attached hydrogens (tertiary/aromatic N) is 2. The maximum atomic E-state index is 12.5. The van der Waals surface area contributed by atoms with Gasteiger partial charge in [0.25, 0.3) is 11.8 Å². The van der Waals surface area contributed by atoms with Crippen molar-refractivity contribution in [1.29, 1.82) is 0 Å². The van der Waals surface area contributed by atoms with Crippen LogP contribution in [0.3, 0.4) is 0 Å². The second-order valence-corrected chi connectivity index (χ2v) is 7.02. The maximum Gasteiger partial charge on any atom is 0.260 e. The zero-order valence-corrected chi connectivity index (χ0v) is 15.9. The zero-order chi connectivity index (χ0) is 19.2. The molecule has 0 radical (unpaired) electrons. The highest BCUT2D eigenvalue weighted by Gasteiger charge is 2.25. The quantitative estimate of drug-likeness (QED) is 0.817. The van der Waals surface area contributed by atoms with Crippen LogP contribution >= 0.6 is 0 Å². The summed E-state index contributed by atoms with van der Waals surface area (Å²) < 4.78 is 5.79. The molecule has 142 valence electrons. The molecule has 1 aliphatic rings. The zero-order valence-electron chi connectivity index (χ0n) is 15.9. The molecule has 27 heavy (non-hydrogen) atoms. The van der Waals surface area contributed by atoms with Gasteiger partial charge in [-0.05, 0) is 29.7 Å². The highest BCUT2D eigenvalue weighted by atomic mass is 16.5. The Morgan fingerprint density at radius 2 is 1.48 bits per heavy atom. The highest BCUT2D eigenvalue weighted by Crippen LogP contribution is 2.25. The van der Waals surface area contributed by atoms with Crippen LogP contribution < -0.4 is 4.74 Å². The number of carbonyl (C=O) groups is 2. The van der Waals surface area contributed by atoms with Crippen molar-refractivity contribution in [2.24, 2.45) is 0 Å². The number of amides is 2. The number of ether oxygens (including phenoxy) is 1. The second-order valence-electron chi connectivity index (χ2n) is 7.02. The molecular weight excluding hydrogens is 340 g/mol. The molecule has 1 saturated heterocycles. The molecule has 2 aromatic carbocycles. The predicted molar refractivity (Wildman–Crippen MR) is 105 cm³/mol. The fraction of sp³-hybridized carbons (Fsp3) is 0.364. The van der Waals surface area contributed by atoms with Gasteiger partial charge in [-0.25, -0.2) is 0 Å². The summed E-state index contributed by atoms with van der Waals surface area (Å²) in [6, 6.07) is 17.1. The van der Waals surface area contributed by atoms with Crippen molar-refractivity contribution in [3.05, 3.63) is 65.7 Å². The van der Waals surface area contributed by atoms with Gasteiger partial charge in [0.05, 0.1) is 0 Å². The van der Waals surface area contributed by atoms with Crippen LogP contribution in [0.4, 0.5) is 0 Å². The number of piperazine rings is 1. The van der Waals surface area contributed by atoms with Crippen molar-refractivity contribution in [2.45, 2.75) is 19.8 Å². The third-order valence-electron chi connectivity index (χ3n) is 4.83. The van der Waals surface area contributed by atoms with E-state index < -0.39 is 0 Å². The normalized spacial score (nSPS) is 14.3. The first-order valence-electron chi connectivity index (χ1n) is 9.40. The summed E-state index contributed by atoms with van der Waals surface area (Å²) in [4.78, 5) is 28.6. The Labute approximate surface area is 160 Å². The Hall–Kier alpha value is -2.82. The molecule has 0 spiro atoms.